The lowest BCUT2D eigenvalue weighted by molar-refractivity contribution is 0.0930. The molecular weight excluding hydrogens is 390 g/mol. The van der Waals surface area contributed by atoms with Crippen molar-refractivity contribution in [3.8, 4) is 0 Å². The third-order valence-corrected chi connectivity index (χ3v) is 6.03. The summed E-state index contributed by atoms with van der Waals surface area (Å²) >= 11 is 0. The summed E-state index contributed by atoms with van der Waals surface area (Å²) in [6.07, 6.45) is 5.32. The molecule has 0 spiro atoms. The molecule has 31 heavy (non-hydrogen) atoms. The first kappa shape index (κ1) is 19.5. The Morgan fingerprint density at radius 1 is 1.23 bits per heavy atom. The lowest BCUT2D eigenvalue weighted by Gasteiger charge is -2.19. The Morgan fingerprint density at radius 3 is 2.81 bits per heavy atom. The first-order chi connectivity index (χ1) is 15.1. The van der Waals surface area contributed by atoms with Gasteiger partial charge in [0.05, 0.1) is 34.4 Å². The van der Waals surface area contributed by atoms with Gasteiger partial charge >= 0.3 is 0 Å². The van der Waals surface area contributed by atoms with E-state index in [-0.39, 0.29) is 18.1 Å². The smallest absolute Gasteiger partial charge is 0.287 e. The number of ether oxygens (including phenoxy) is 1. The van der Waals surface area contributed by atoms with Gasteiger partial charge in [0, 0.05) is 12.5 Å². The number of allylic oxidation sites excluding steroid dienone is 1. The molecule has 158 valence electrons. The molecule has 1 aliphatic rings. The van der Waals surface area contributed by atoms with Gasteiger partial charge in [-0.2, -0.15) is 5.10 Å². The molecule has 7 heteroatoms. The van der Waals surface area contributed by atoms with Crippen molar-refractivity contribution in [2.45, 2.75) is 38.3 Å². The van der Waals surface area contributed by atoms with Crippen LogP contribution in [0, 0.1) is 0 Å². The zero-order valence-electron chi connectivity index (χ0n) is 17.6. The number of nitrogens with zero attached hydrogens (tertiary/aromatic N) is 2. The number of imidazole rings is 1. The van der Waals surface area contributed by atoms with Crippen molar-refractivity contribution in [2.24, 2.45) is 0 Å². The van der Waals surface area contributed by atoms with E-state index < -0.39 is 0 Å². The van der Waals surface area contributed by atoms with Crippen molar-refractivity contribution < 1.29 is 9.53 Å². The highest BCUT2D eigenvalue weighted by Crippen LogP contribution is 2.32. The molecule has 0 fully saturated rings. The molecule has 1 aliphatic carbocycles. The number of benzene rings is 2. The number of nitrogens with one attached hydrogen (secondary N) is 3. The Kier molecular flexibility index (Phi) is 5.03. The Hall–Kier alpha value is -3.45. The number of amides is 1. The summed E-state index contributed by atoms with van der Waals surface area (Å²) in [5, 5.41) is 11.7. The first-order valence-electron chi connectivity index (χ1n) is 10.6. The average molecular weight is 415 g/mol. The van der Waals surface area contributed by atoms with Crippen LogP contribution in [-0.2, 0) is 4.74 Å². The highest BCUT2D eigenvalue weighted by atomic mass is 16.5. The quantitative estimate of drug-likeness (QED) is 0.447. The molecule has 3 N–H and O–H groups in total. The lowest BCUT2D eigenvalue weighted by Crippen LogP contribution is -2.27. The van der Waals surface area contributed by atoms with Crippen LogP contribution in [0.5, 0.6) is 0 Å². The second kappa shape index (κ2) is 8.00. The molecule has 5 rings (SSSR count). The molecule has 0 aliphatic heterocycles. The van der Waals surface area contributed by atoms with Gasteiger partial charge < -0.3 is 15.0 Å². The van der Waals surface area contributed by atoms with Gasteiger partial charge in [-0.1, -0.05) is 36.4 Å². The Labute approximate surface area is 179 Å². The topological polar surface area (TPSA) is 95.7 Å². The van der Waals surface area contributed by atoms with Crippen molar-refractivity contribution in [1.82, 2.24) is 25.5 Å². The minimum Gasteiger partial charge on any atom is -0.381 e. The molecule has 0 saturated carbocycles. The SMILES string of the molecule is CO[C@@H]1CC=C(c2n[nH]c3cc4[nH]c(C(=O)N[C@H](C)c5ccccc5)nc4cc23)CC1. The van der Waals surface area contributed by atoms with Crippen LogP contribution < -0.4 is 5.32 Å². The number of carbonyl (C=O) groups excluding carboxylic acids is 1. The van der Waals surface area contributed by atoms with Gasteiger partial charge in [0.1, 0.15) is 0 Å². The van der Waals surface area contributed by atoms with Crippen LogP contribution in [0.2, 0.25) is 0 Å². The summed E-state index contributed by atoms with van der Waals surface area (Å²) < 4.78 is 5.46. The summed E-state index contributed by atoms with van der Waals surface area (Å²) in [6.45, 7) is 1.96. The highest BCUT2D eigenvalue weighted by Gasteiger charge is 2.20. The second-order valence-corrected chi connectivity index (χ2v) is 8.04. The average Bonchev–Trinajstić information content (AvgIpc) is 3.41. The van der Waals surface area contributed by atoms with Crippen LogP contribution >= 0.6 is 0 Å². The molecule has 0 unspecified atom stereocenters. The molecule has 2 aromatic carbocycles. The van der Waals surface area contributed by atoms with E-state index in [0.29, 0.717) is 5.82 Å². The van der Waals surface area contributed by atoms with Gasteiger partial charge in [-0.3, -0.25) is 9.89 Å². The molecule has 7 nitrogen and oxygen atoms in total. The summed E-state index contributed by atoms with van der Waals surface area (Å²) in [5.41, 5.74) is 5.70. The minimum absolute atomic E-state index is 0.110. The number of carbonyl (C=O) groups is 1. The Balaban J connectivity index is 1.42. The van der Waals surface area contributed by atoms with Crippen LogP contribution in [-0.4, -0.2) is 39.3 Å². The number of hydrogen-bond donors (Lipinski definition) is 3. The summed E-state index contributed by atoms with van der Waals surface area (Å²) in [6, 6.07) is 13.7. The fourth-order valence-electron chi connectivity index (χ4n) is 4.20. The third kappa shape index (κ3) is 3.72. The zero-order valence-corrected chi connectivity index (χ0v) is 17.6. The van der Waals surface area contributed by atoms with E-state index in [0.717, 1.165) is 52.5 Å². The van der Waals surface area contributed by atoms with Crippen LogP contribution in [0.15, 0.2) is 48.5 Å². The molecule has 2 aromatic heterocycles. The molecule has 1 amide bonds. The number of hydrogen-bond acceptors (Lipinski definition) is 4. The Morgan fingerprint density at radius 2 is 2.06 bits per heavy atom. The van der Waals surface area contributed by atoms with Crippen LogP contribution in [0.3, 0.4) is 0 Å². The summed E-state index contributed by atoms with van der Waals surface area (Å²) in [7, 11) is 1.76. The minimum atomic E-state index is -0.227. The largest absolute Gasteiger partial charge is 0.381 e. The fourth-order valence-corrected chi connectivity index (χ4v) is 4.20. The van der Waals surface area contributed by atoms with E-state index in [1.807, 2.05) is 49.4 Å². The predicted molar refractivity (Wildman–Crippen MR) is 121 cm³/mol. The normalized spacial score (nSPS) is 17.6. The maximum Gasteiger partial charge on any atom is 0.287 e. The fraction of sp³-hybridized carbons (Fsp3) is 0.292. The molecule has 0 radical (unpaired) electrons. The predicted octanol–water partition coefficient (Wildman–Crippen LogP) is 4.51. The second-order valence-electron chi connectivity index (χ2n) is 8.04. The Bertz CT molecular complexity index is 1270. The molecule has 2 atom stereocenters. The van der Waals surface area contributed by atoms with Crippen LogP contribution in [0.4, 0.5) is 0 Å². The number of fused-ring (bicyclic) bond motifs is 2. The van der Waals surface area contributed by atoms with Crippen molar-refractivity contribution >= 4 is 33.4 Å². The van der Waals surface area contributed by atoms with E-state index in [2.05, 4.69) is 31.6 Å². The third-order valence-electron chi connectivity index (χ3n) is 6.03. The van der Waals surface area contributed by atoms with Crippen molar-refractivity contribution in [3.05, 3.63) is 65.6 Å². The number of aromatic amines is 2. The first-order valence-corrected chi connectivity index (χ1v) is 10.6. The van der Waals surface area contributed by atoms with Crippen molar-refractivity contribution in [3.63, 3.8) is 0 Å². The van der Waals surface area contributed by atoms with E-state index in [9.17, 15) is 4.79 Å². The molecule has 0 bridgehead atoms. The van der Waals surface area contributed by atoms with Gasteiger partial charge in [0.25, 0.3) is 5.91 Å². The number of H-pyrrole nitrogens is 2. The van der Waals surface area contributed by atoms with E-state index in [1.54, 1.807) is 7.11 Å². The number of methoxy groups -OCH3 is 1. The molecular formula is C24H25N5O2. The molecule has 2 heterocycles. The van der Waals surface area contributed by atoms with Crippen LogP contribution in [0.25, 0.3) is 27.5 Å². The molecule has 4 aromatic rings. The van der Waals surface area contributed by atoms with Crippen LogP contribution in [0.1, 0.15) is 54.1 Å². The maximum atomic E-state index is 12.8. The maximum absolute atomic E-state index is 12.8. The van der Waals surface area contributed by atoms with E-state index in [1.165, 1.54) is 5.57 Å². The number of aromatic nitrogens is 4. The molecule has 0 saturated heterocycles. The zero-order chi connectivity index (χ0) is 21.4. The van der Waals surface area contributed by atoms with E-state index >= 15 is 0 Å². The van der Waals surface area contributed by atoms with Gasteiger partial charge in [-0.15, -0.1) is 0 Å². The summed E-state index contributed by atoms with van der Waals surface area (Å²) in [5.74, 6) is 0.0786. The van der Waals surface area contributed by atoms with Gasteiger partial charge in [-0.05, 0) is 49.5 Å². The van der Waals surface area contributed by atoms with E-state index in [4.69, 9.17) is 4.74 Å². The monoisotopic (exact) mass is 415 g/mol. The number of rotatable bonds is 5. The van der Waals surface area contributed by atoms with Gasteiger partial charge in [0.2, 0.25) is 0 Å². The standard InChI is InChI=1S/C24H25N5O2/c1-14(15-6-4-3-5-7-15)25-24(30)23-26-20-12-18-19(13-21(20)27-23)28-29-22(18)16-8-10-17(31-2)11-9-16/h3-8,12-14,17H,9-11H2,1-2H3,(H,25,30)(H,26,27)(H,28,29)/t14-,17-/m1/s1. The highest BCUT2D eigenvalue weighted by molar-refractivity contribution is 6.01. The van der Waals surface area contributed by atoms with Gasteiger partial charge in [-0.25, -0.2) is 4.98 Å². The summed E-state index contributed by atoms with van der Waals surface area (Å²) in [4.78, 5) is 20.5. The van der Waals surface area contributed by atoms with Crippen molar-refractivity contribution in [1.29, 1.82) is 0 Å². The van der Waals surface area contributed by atoms with Gasteiger partial charge in [0.15, 0.2) is 5.82 Å². The van der Waals surface area contributed by atoms with Crippen molar-refractivity contribution in [2.75, 3.05) is 7.11 Å². The lowest BCUT2D eigenvalue weighted by atomic mass is 9.93.